The fourth-order valence-corrected chi connectivity index (χ4v) is 2.14. The van der Waals surface area contributed by atoms with Crippen LogP contribution < -0.4 is 10.9 Å². The van der Waals surface area contributed by atoms with E-state index in [0.29, 0.717) is 18.8 Å². The normalized spacial score (nSPS) is 15.2. The molecule has 1 aliphatic heterocycles. The van der Waals surface area contributed by atoms with Crippen LogP contribution in [-0.2, 0) is 9.53 Å². The predicted octanol–water partition coefficient (Wildman–Crippen LogP) is 2.07. The Bertz CT molecular complexity index is 557. The molecule has 0 aliphatic carbocycles. The maximum Gasteiger partial charge on any atom is 0.410 e. The highest BCUT2D eigenvalue weighted by molar-refractivity contribution is 5.95. The molecule has 120 valence electrons. The molecule has 1 aromatic rings. The highest BCUT2D eigenvalue weighted by Gasteiger charge is 2.39. The lowest BCUT2D eigenvalue weighted by atomic mass is 9.99. The second-order valence-electron chi connectivity index (χ2n) is 6.63. The third kappa shape index (κ3) is 3.76. The number of hydrogen-bond donors (Lipinski definition) is 1. The van der Waals surface area contributed by atoms with E-state index in [9.17, 15) is 9.59 Å². The third-order valence-electron chi connectivity index (χ3n) is 3.43. The Hall–Kier alpha value is -2.08. The smallest absolute Gasteiger partial charge is 0.410 e. The molecule has 2 rings (SSSR count). The van der Waals surface area contributed by atoms with Crippen LogP contribution in [0.15, 0.2) is 24.3 Å². The standard InChI is InChI=1S/C16H23N3O3/c1-11-5-7-13(8-6-11)19(17)14(20)12-9-18(10-12)15(21)22-16(2,3)4/h5-8,12H,9-10,17H2,1-4H3. The van der Waals surface area contributed by atoms with Crippen LogP contribution in [0.25, 0.3) is 0 Å². The van der Waals surface area contributed by atoms with Crippen LogP contribution >= 0.6 is 0 Å². The quantitative estimate of drug-likeness (QED) is 0.515. The Morgan fingerprint density at radius 2 is 1.77 bits per heavy atom. The molecule has 0 spiro atoms. The summed E-state index contributed by atoms with van der Waals surface area (Å²) >= 11 is 0. The summed E-state index contributed by atoms with van der Waals surface area (Å²) < 4.78 is 5.26. The monoisotopic (exact) mass is 305 g/mol. The number of aryl methyl sites for hydroxylation is 1. The van der Waals surface area contributed by atoms with Gasteiger partial charge in [0, 0.05) is 13.1 Å². The Morgan fingerprint density at radius 1 is 1.23 bits per heavy atom. The van der Waals surface area contributed by atoms with Gasteiger partial charge in [-0.3, -0.25) is 4.79 Å². The van der Waals surface area contributed by atoms with Gasteiger partial charge in [0.05, 0.1) is 11.6 Å². The predicted molar refractivity (Wildman–Crippen MR) is 84.1 cm³/mol. The molecular formula is C16H23N3O3. The number of likely N-dealkylation sites (tertiary alicyclic amines) is 1. The van der Waals surface area contributed by atoms with E-state index < -0.39 is 11.7 Å². The first-order valence-corrected chi connectivity index (χ1v) is 7.30. The molecule has 1 aliphatic rings. The van der Waals surface area contributed by atoms with Crippen molar-refractivity contribution in [2.75, 3.05) is 18.1 Å². The van der Waals surface area contributed by atoms with Crippen LogP contribution in [0.5, 0.6) is 0 Å². The van der Waals surface area contributed by atoms with Crippen molar-refractivity contribution in [1.29, 1.82) is 0 Å². The van der Waals surface area contributed by atoms with Gasteiger partial charge in [-0.1, -0.05) is 17.7 Å². The molecule has 0 saturated carbocycles. The van der Waals surface area contributed by atoms with E-state index >= 15 is 0 Å². The molecule has 1 fully saturated rings. The van der Waals surface area contributed by atoms with Gasteiger partial charge >= 0.3 is 6.09 Å². The lowest BCUT2D eigenvalue weighted by Gasteiger charge is -2.40. The van der Waals surface area contributed by atoms with E-state index in [-0.39, 0.29) is 11.8 Å². The minimum atomic E-state index is -0.534. The molecule has 22 heavy (non-hydrogen) atoms. The second kappa shape index (κ2) is 5.96. The second-order valence-corrected chi connectivity index (χ2v) is 6.63. The first-order chi connectivity index (χ1) is 10.2. The van der Waals surface area contributed by atoms with Gasteiger partial charge in [0.25, 0.3) is 0 Å². The molecule has 0 bridgehead atoms. The highest BCUT2D eigenvalue weighted by atomic mass is 16.6. The van der Waals surface area contributed by atoms with E-state index in [1.165, 1.54) is 4.90 Å². The van der Waals surface area contributed by atoms with Gasteiger partial charge in [-0.2, -0.15) is 0 Å². The fraction of sp³-hybridized carbons (Fsp3) is 0.500. The highest BCUT2D eigenvalue weighted by Crippen LogP contribution is 2.23. The number of hydrazine groups is 1. The number of carbonyl (C=O) groups is 2. The zero-order chi connectivity index (χ0) is 16.5. The lowest BCUT2D eigenvalue weighted by molar-refractivity contribution is -0.127. The Balaban J connectivity index is 1.88. The first kappa shape index (κ1) is 16.3. The maximum atomic E-state index is 12.3. The van der Waals surface area contributed by atoms with Crippen LogP contribution in [0.2, 0.25) is 0 Å². The van der Waals surface area contributed by atoms with Gasteiger partial charge < -0.3 is 9.64 Å². The summed E-state index contributed by atoms with van der Waals surface area (Å²) in [4.78, 5) is 25.6. The van der Waals surface area contributed by atoms with Crippen molar-refractivity contribution in [2.24, 2.45) is 11.8 Å². The van der Waals surface area contributed by atoms with Gasteiger partial charge in [0.15, 0.2) is 0 Å². The number of rotatable bonds is 2. The van der Waals surface area contributed by atoms with Crippen LogP contribution in [-0.4, -0.2) is 35.6 Å². The van der Waals surface area contributed by atoms with Crippen molar-refractivity contribution in [3.05, 3.63) is 29.8 Å². The average Bonchev–Trinajstić information content (AvgIpc) is 2.34. The number of anilines is 1. The van der Waals surface area contributed by atoms with Crippen molar-refractivity contribution < 1.29 is 14.3 Å². The number of benzene rings is 1. The van der Waals surface area contributed by atoms with Gasteiger partial charge in [-0.05, 0) is 39.8 Å². The van der Waals surface area contributed by atoms with Crippen LogP contribution in [0.4, 0.5) is 10.5 Å². The summed E-state index contributed by atoms with van der Waals surface area (Å²) in [5.74, 6) is 5.40. The van der Waals surface area contributed by atoms with Crippen molar-refractivity contribution in [2.45, 2.75) is 33.3 Å². The molecule has 1 heterocycles. The summed E-state index contributed by atoms with van der Waals surface area (Å²) in [5.41, 5.74) is 1.21. The summed E-state index contributed by atoms with van der Waals surface area (Å²) in [6, 6.07) is 7.40. The summed E-state index contributed by atoms with van der Waals surface area (Å²) in [6.07, 6.45) is -0.393. The number of amides is 2. The molecule has 0 atom stereocenters. The number of ether oxygens (including phenoxy) is 1. The van der Waals surface area contributed by atoms with E-state index in [4.69, 9.17) is 10.6 Å². The summed E-state index contributed by atoms with van der Waals surface area (Å²) in [5, 5.41) is 1.15. The van der Waals surface area contributed by atoms with Crippen LogP contribution in [0, 0.1) is 12.8 Å². The number of carbonyl (C=O) groups excluding carboxylic acids is 2. The number of nitrogens with zero attached hydrogens (tertiary/aromatic N) is 2. The van der Waals surface area contributed by atoms with Crippen molar-refractivity contribution in [1.82, 2.24) is 4.90 Å². The Kier molecular flexibility index (Phi) is 4.42. The molecule has 1 saturated heterocycles. The molecular weight excluding hydrogens is 282 g/mol. The number of hydrogen-bond acceptors (Lipinski definition) is 4. The first-order valence-electron chi connectivity index (χ1n) is 7.30. The SMILES string of the molecule is Cc1ccc(N(N)C(=O)C2CN(C(=O)OC(C)(C)C)C2)cc1. The molecule has 6 heteroatoms. The lowest BCUT2D eigenvalue weighted by Crippen LogP contribution is -2.58. The van der Waals surface area contributed by atoms with E-state index in [1.54, 1.807) is 12.1 Å². The molecule has 6 nitrogen and oxygen atoms in total. The zero-order valence-corrected chi connectivity index (χ0v) is 13.5. The molecule has 2 N–H and O–H groups in total. The summed E-state index contributed by atoms with van der Waals surface area (Å²) in [7, 11) is 0. The van der Waals surface area contributed by atoms with Gasteiger partial charge in [0.1, 0.15) is 5.60 Å². The van der Waals surface area contributed by atoms with Crippen molar-refractivity contribution >= 4 is 17.7 Å². The van der Waals surface area contributed by atoms with E-state index in [1.807, 2.05) is 39.8 Å². The minimum absolute atomic E-state index is 0.191. The van der Waals surface area contributed by atoms with Crippen molar-refractivity contribution in [3.8, 4) is 0 Å². The van der Waals surface area contributed by atoms with Gasteiger partial charge in [0.2, 0.25) is 5.91 Å². The Morgan fingerprint density at radius 3 is 2.27 bits per heavy atom. The zero-order valence-electron chi connectivity index (χ0n) is 13.5. The van der Waals surface area contributed by atoms with Crippen molar-refractivity contribution in [3.63, 3.8) is 0 Å². The van der Waals surface area contributed by atoms with Crippen LogP contribution in [0.3, 0.4) is 0 Å². The average molecular weight is 305 g/mol. The Labute approximate surface area is 130 Å². The van der Waals surface area contributed by atoms with E-state index in [2.05, 4.69) is 0 Å². The topological polar surface area (TPSA) is 75.9 Å². The molecule has 0 aromatic heterocycles. The molecule has 2 amide bonds. The largest absolute Gasteiger partial charge is 0.444 e. The third-order valence-corrected chi connectivity index (χ3v) is 3.43. The molecule has 1 aromatic carbocycles. The van der Waals surface area contributed by atoms with E-state index in [0.717, 1.165) is 10.6 Å². The maximum absolute atomic E-state index is 12.3. The molecule has 0 radical (unpaired) electrons. The number of nitrogens with two attached hydrogens (primary N) is 1. The summed E-state index contributed by atoms with van der Waals surface area (Å²) in [6.45, 7) is 8.09. The minimum Gasteiger partial charge on any atom is -0.444 e. The molecule has 0 unspecified atom stereocenters. The fourth-order valence-electron chi connectivity index (χ4n) is 2.14. The van der Waals surface area contributed by atoms with Crippen LogP contribution in [0.1, 0.15) is 26.3 Å². The van der Waals surface area contributed by atoms with Gasteiger partial charge in [-0.25, -0.2) is 15.6 Å². The van der Waals surface area contributed by atoms with Gasteiger partial charge in [-0.15, -0.1) is 0 Å².